The summed E-state index contributed by atoms with van der Waals surface area (Å²) in [4.78, 5) is 19.6. The third-order valence-electron chi connectivity index (χ3n) is 4.35. The fourth-order valence-corrected chi connectivity index (χ4v) is 3.77. The van der Waals surface area contributed by atoms with Gasteiger partial charge in [0.1, 0.15) is 17.4 Å². The number of thiophene rings is 1. The molecule has 3 heterocycles. The summed E-state index contributed by atoms with van der Waals surface area (Å²) in [5.41, 5.74) is 0.900. The van der Waals surface area contributed by atoms with Crippen LogP contribution in [-0.2, 0) is 0 Å². The van der Waals surface area contributed by atoms with Crippen molar-refractivity contribution in [3.05, 3.63) is 58.9 Å². The molecule has 1 aliphatic rings. The van der Waals surface area contributed by atoms with Gasteiger partial charge >= 0.3 is 0 Å². The van der Waals surface area contributed by atoms with E-state index < -0.39 is 0 Å². The number of fused-ring (bicyclic) bond motifs is 1. The first-order chi connectivity index (χ1) is 11.8. The molecule has 24 heavy (non-hydrogen) atoms. The summed E-state index contributed by atoms with van der Waals surface area (Å²) >= 11 is 1.50. The first kappa shape index (κ1) is 15.1. The highest BCUT2D eigenvalue weighted by Crippen LogP contribution is 2.27. The molecule has 4 nitrogen and oxygen atoms in total. The standard InChI is InChI=1S/C19H18N2O2S/c22-19(17-7-3-13-24-17)21-11-8-15(9-12-21)23-16-6-1-4-14-5-2-10-20-18(14)16/h1-7,10,13,15H,8-9,11-12H2. The van der Waals surface area contributed by atoms with Gasteiger partial charge in [-0.3, -0.25) is 9.78 Å². The van der Waals surface area contributed by atoms with Crippen molar-refractivity contribution in [3.8, 4) is 5.75 Å². The van der Waals surface area contributed by atoms with Gasteiger partial charge in [0.15, 0.2) is 0 Å². The molecule has 0 saturated carbocycles. The number of ether oxygens (including phenoxy) is 1. The lowest BCUT2D eigenvalue weighted by atomic mass is 10.1. The third-order valence-corrected chi connectivity index (χ3v) is 5.21. The van der Waals surface area contributed by atoms with Crippen LogP contribution < -0.4 is 4.74 Å². The van der Waals surface area contributed by atoms with Crippen LogP contribution in [0, 0.1) is 0 Å². The molecule has 3 aromatic rings. The quantitative estimate of drug-likeness (QED) is 0.725. The Labute approximate surface area is 144 Å². The van der Waals surface area contributed by atoms with Crippen LogP contribution in [-0.4, -0.2) is 35.0 Å². The van der Waals surface area contributed by atoms with Crippen LogP contribution in [0.5, 0.6) is 5.75 Å². The highest BCUT2D eigenvalue weighted by Gasteiger charge is 2.25. The number of rotatable bonds is 3. The van der Waals surface area contributed by atoms with Crippen molar-refractivity contribution in [3.63, 3.8) is 0 Å². The number of amides is 1. The lowest BCUT2D eigenvalue weighted by Gasteiger charge is -2.32. The lowest BCUT2D eigenvalue weighted by Crippen LogP contribution is -2.41. The van der Waals surface area contributed by atoms with Gasteiger partial charge in [-0.1, -0.05) is 24.3 Å². The molecule has 1 aromatic carbocycles. The van der Waals surface area contributed by atoms with Crippen molar-refractivity contribution in [1.82, 2.24) is 9.88 Å². The zero-order valence-corrected chi connectivity index (χ0v) is 14.0. The molecular weight excluding hydrogens is 320 g/mol. The molecule has 0 N–H and O–H groups in total. The molecular formula is C19H18N2O2S. The van der Waals surface area contributed by atoms with Gasteiger partial charge in [-0.15, -0.1) is 11.3 Å². The number of piperidine rings is 1. The number of carbonyl (C=O) groups excluding carboxylic acids is 1. The maximum absolute atomic E-state index is 12.4. The molecule has 0 unspecified atom stereocenters. The molecule has 2 aromatic heterocycles. The van der Waals surface area contributed by atoms with E-state index in [0.29, 0.717) is 0 Å². The van der Waals surface area contributed by atoms with Gasteiger partial charge < -0.3 is 9.64 Å². The Balaban J connectivity index is 1.42. The summed E-state index contributed by atoms with van der Waals surface area (Å²) in [6, 6.07) is 13.8. The van der Waals surface area contributed by atoms with E-state index in [1.807, 2.05) is 52.7 Å². The van der Waals surface area contributed by atoms with E-state index >= 15 is 0 Å². The summed E-state index contributed by atoms with van der Waals surface area (Å²) < 4.78 is 6.19. The van der Waals surface area contributed by atoms with Crippen molar-refractivity contribution in [2.24, 2.45) is 0 Å². The van der Waals surface area contributed by atoms with Gasteiger partial charge in [0.05, 0.1) is 4.88 Å². The second kappa shape index (κ2) is 6.61. The van der Waals surface area contributed by atoms with E-state index in [1.165, 1.54) is 11.3 Å². The van der Waals surface area contributed by atoms with Gasteiger partial charge in [-0.2, -0.15) is 0 Å². The van der Waals surface area contributed by atoms with Gasteiger partial charge in [0.25, 0.3) is 5.91 Å². The van der Waals surface area contributed by atoms with Crippen LogP contribution in [0.2, 0.25) is 0 Å². The van der Waals surface area contributed by atoms with Crippen molar-refractivity contribution >= 4 is 28.1 Å². The molecule has 1 aliphatic heterocycles. The Bertz CT molecular complexity index is 834. The largest absolute Gasteiger partial charge is 0.488 e. The highest BCUT2D eigenvalue weighted by atomic mass is 32.1. The molecule has 0 bridgehead atoms. The second-order valence-electron chi connectivity index (χ2n) is 5.92. The lowest BCUT2D eigenvalue weighted by molar-refractivity contribution is 0.0602. The fourth-order valence-electron chi connectivity index (χ4n) is 3.08. The number of hydrogen-bond donors (Lipinski definition) is 0. The van der Waals surface area contributed by atoms with Crippen LogP contribution in [0.25, 0.3) is 10.9 Å². The van der Waals surface area contributed by atoms with Crippen LogP contribution in [0.15, 0.2) is 54.0 Å². The smallest absolute Gasteiger partial charge is 0.263 e. The van der Waals surface area contributed by atoms with Crippen molar-refractivity contribution in [2.75, 3.05) is 13.1 Å². The SMILES string of the molecule is O=C(c1cccs1)N1CCC(Oc2cccc3cccnc23)CC1. The van der Waals surface area contributed by atoms with E-state index in [1.54, 1.807) is 6.20 Å². The fraction of sp³-hybridized carbons (Fsp3) is 0.263. The number of carbonyl (C=O) groups is 1. The minimum Gasteiger partial charge on any atom is -0.488 e. The maximum atomic E-state index is 12.4. The Morgan fingerprint density at radius 1 is 1.12 bits per heavy atom. The number of benzene rings is 1. The first-order valence-corrected chi connectivity index (χ1v) is 9.02. The minimum absolute atomic E-state index is 0.130. The molecule has 5 heteroatoms. The Morgan fingerprint density at radius 2 is 1.96 bits per heavy atom. The predicted octanol–water partition coefficient (Wildman–Crippen LogP) is 3.98. The van der Waals surface area contributed by atoms with E-state index in [0.717, 1.165) is 47.5 Å². The van der Waals surface area contributed by atoms with E-state index in [-0.39, 0.29) is 12.0 Å². The number of likely N-dealkylation sites (tertiary alicyclic amines) is 1. The Morgan fingerprint density at radius 3 is 2.75 bits per heavy atom. The minimum atomic E-state index is 0.130. The number of aromatic nitrogens is 1. The second-order valence-corrected chi connectivity index (χ2v) is 6.87. The van der Waals surface area contributed by atoms with E-state index in [9.17, 15) is 4.79 Å². The van der Waals surface area contributed by atoms with Crippen LogP contribution in [0.4, 0.5) is 0 Å². The molecule has 0 spiro atoms. The monoisotopic (exact) mass is 338 g/mol. The molecule has 122 valence electrons. The van der Waals surface area contributed by atoms with E-state index in [2.05, 4.69) is 4.98 Å². The number of pyridine rings is 1. The molecule has 1 saturated heterocycles. The molecule has 1 amide bonds. The predicted molar refractivity (Wildman–Crippen MR) is 95.6 cm³/mol. The van der Waals surface area contributed by atoms with Crippen molar-refractivity contribution < 1.29 is 9.53 Å². The average Bonchev–Trinajstić information content (AvgIpc) is 3.17. The summed E-state index contributed by atoms with van der Waals surface area (Å²) in [6.07, 6.45) is 3.61. The average molecular weight is 338 g/mol. The summed E-state index contributed by atoms with van der Waals surface area (Å²) in [5, 5.41) is 3.02. The number of nitrogens with zero attached hydrogens (tertiary/aromatic N) is 2. The zero-order chi connectivity index (χ0) is 16.4. The van der Waals surface area contributed by atoms with Gasteiger partial charge in [-0.05, 0) is 23.6 Å². The molecule has 0 atom stereocenters. The Kier molecular flexibility index (Phi) is 4.17. The van der Waals surface area contributed by atoms with Gasteiger partial charge in [0, 0.05) is 37.5 Å². The zero-order valence-electron chi connectivity index (χ0n) is 13.2. The number of para-hydroxylation sites is 1. The summed E-state index contributed by atoms with van der Waals surface area (Å²) in [7, 11) is 0. The first-order valence-electron chi connectivity index (χ1n) is 8.14. The third kappa shape index (κ3) is 2.99. The van der Waals surface area contributed by atoms with Gasteiger partial charge in [-0.25, -0.2) is 0 Å². The highest BCUT2D eigenvalue weighted by molar-refractivity contribution is 7.12. The number of hydrogen-bond acceptors (Lipinski definition) is 4. The molecule has 4 rings (SSSR count). The normalized spacial score (nSPS) is 15.6. The van der Waals surface area contributed by atoms with E-state index in [4.69, 9.17) is 4.74 Å². The topological polar surface area (TPSA) is 42.4 Å². The van der Waals surface area contributed by atoms with Crippen LogP contribution >= 0.6 is 11.3 Å². The van der Waals surface area contributed by atoms with Crippen LogP contribution in [0.1, 0.15) is 22.5 Å². The molecule has 0 radical (unpaired) electrons. The maximum Gasteiger partial charge on any atom is 0.263 e. The van der Waals surface area contributed by atoms with Crippen molar-refractivity contribution in [1.29, 1.82) is 0 Å². The van der Waals surface area contributed by atoms with Crippen LogP contribution in [0.3, 0.4) is 0 Å². The van der Waals surface area contributed by atoms with Crippen molar-refractivity contribution in [2.45, 2.75) is 18.9 Å². The molecule has 0 aliphatic carbocycles. The summed E-state index contributed by atoms with van der Waals surface area (Å²) in [6.45, 7) is 1.47. The molecule has 1 fully saturated rings. The van der Waals surface area contributed by atoms with Gasteiger partial charge in [0.2, 0.25) is 0 Å². The Hall–Kier alpha value is -2.40. The summed E-state index contributed by atoms with van der Waals surface area (Å²) in [5.74, 6) is 0.964.